The average molecular weight is 859 g/mol. The number of nitrogens with one attached hydrogen (secondary N) is 3. The molecule has 0 fully saturated rings. The Kier molecular flexibility index (Phi) is 20.5. The van der Waals surface area contributed by atoms with Crippen molar-refractivity contribution in [3.63, 3.8) is 0 Å². The Morgan fingerprint density at radius 3 is 2.05 bits per heavy atom. The number of cyclic esters (lactones) is 2. The van der Waals surface area contributed by atoms with E-state index in [0.29, 0.717) is 23.4 Å². The van der Waals surface area contributed by atoms with Gasteiger partial charge in [-0.25, -0.2) is 9.59 Å². The Bertz CT molecular complexity index is 1750. The maximum Gasteiger partial charge on any atom is 0.334 e. The Hall–Kier alpha value is -4.72. The lowest BCUT2D eigenvalue weighted by molar-refractivity contribution is -0.154. The largest absolute Gasteiger partial charge is 0.456 e. The molecule has 1 heterocycles. The highest BCUT2D eigenvalue weighted by atomic mass is 35.5. The first-order valence-electron chi connectivity index (χ1n) is 20.9. The molecule has 9 atom stereocenters. The second-order valence-electron chi connectivity index (χ2n) is 16.8. The molecule has 334 valence electrons. The number of carbonyl (C=O) groups excluding carboxylic acids is 7. The number of hydrogen-bond acceptors (Lipinski definition) is 9. The van der Waals surface area contributed by atoms with Crippen molar-refractivity contribution >= 4 is 53.1 Å². The molecular formula is C45H68ClN5O9. The van der Waals surface area contributed by atoms with E-state index in [2.05, 4.69) is 16.0 Å². The van der Waals surface area contributed by atoms with Crippen LogP contribution in [0.25, 0.3) is 0 Å². The Balaban J connectivity index is 2.63. The van der Waals surface area contributed by atoms with Gasteiger partial charge in [0.15, 0.2) is 6.10 Å². The third-order valence-electron chi connectivity index (χ3n) is 11.3. The van der Waals surface area contributed by atoms with Crippen LogP contribution in [-0.4, -0.2) is 108 Å². The van der Waals surface area contributed by atoms with Crippen molar-refractivity contribution in [2.75, 3.05) is 20.6 Å². The van der Waals surface area contributed by atoms with Gasteiger partial charge in [0.25, 0.3) is 5.91 Å². The van der Waals surface area contributed by atoms with Crippen molar-refractivity contribution in [2.24, 2.45) is 23.7 Å². The van der Waals surface area contributed by atoms with Crippen LogP contribution in [0.3, 0.4) is 0 Å². The number of ether oxygens (including phenoxy) is 2. The summed E-state index contributed by atoms with van der Waals surface area (Å²) in [4.78, 5) is 98.4. The van der Waals surface area contributed by atoms with E-state index in [0.717, 1.165) is 5.57 Å². The predicted octanol–water partition coefficient (Wildman–Crippen LogP) is 5.17. The SMILES string of the molecule is C/C=C(\C)[C@H]1OC(=O)[C@@H](C)NC(=O)[C@H](C(C)CC)NC(=O)CN(C)C(=O)[C@@H](Cc2ccc(Cl)cc2)N(C)C(=O)[C@H](C)NC(=O)[C@@H](CC(C)C)OC(=O)/C(C)=C/C[C@H](C)[C@@H]1C. The van der Waals surface area contributed by atoms with Gasteiger partial charge < -0.3 is 35.2 Å². The molecule has 0 radical (unpaired) electrons. The first kappa shape index (κ1) is 51.4. The lowest BCUT2D eigenvalue weighted by atomic mass is 9.84. The first-order chi connectivity index (χ1) is 28.0. The highest BCUT2D eigenvalue weighted by molar-refractivity contribution is 6.30. The smallest absolute Gasteiger partial charge is 0.334 e. The lowest BCUT2D eigenvalue weighted by Crippen LogP contribution is -2.57. The van der Waals surface area contributed by atoms with E-state index < -0.39 is 84.4 Å². The fraction of sp³-hybridized carbons (Fsp3) is 0.622. The van der Waals surface area contributed by atoms with E-state index in [1.54, 1.807) is 44.2 Å². The minimum absolute atomic E-state index is 0.0434. The zero-order chi connectivity index (χ0) is 45.6. The van der Waals surface area contributed by atoms with Crippen molar-refractivity contribution in [3.8, 4) is 0 Å². The number of esters is 2. The molecule has 2 rings (SSSR count). The fourth-order valence-corrected chi connectivity index (χ4v) is 6.84. The molecule has 0 spiro atoms. The molecule has 14 nitrogen and oxygen atoms in total. The zero-order valence-electron chi connectivity index (χ0n) is 37.7. The van der Waals surface area contributed by atoms with Crippen LogP contribution in [0.1, 0.15) is 101 Å². The van der Waals surface area contributed by atoms with Gasteiger partial charge in [-0.05, 0) is 94.4 Å². The number of amides is 5. The van der Waals surface area contributed by atoms with E-state index in [4.69, 9.17) is 21.1 Å². The molecule has 1 aliphatic rings. The van der Waals surface area contributed by atoms with E-state index in [1.807, 2.05) is 54.5 Å². The molecule has 0 saturated carbocycles. The number of benzene rings is 1. The van der Waals surface area contributed by atoms with E-state index in [9.17, 15) is 33.6 Å². The number of allylic oxidation sites excluding steroid dienone is 2. The van der Waals surface area contributed by atoms with Gasteiger partial charge in [-0.1, -0.05) is 83.8 Å². The minimum atomic E-state index is -1.21. The number of nitrogens with zero attached hydrogens (tertiary/aromatic N) is 2. The van der Waals surface area contributed by atoms with Gasteiger partial charge in [0.05, 0.1) is 6.54 Å². The third kappa shape index (κ3) is 15.1. The average Bonchev–Trinajstić information content (AvgIpc) is 3.20. The highest BCUT2D eigenvalue weighted by Gasteiger charge is 2.36. The molecule has 0 aliphatic carbocycles. The first-order valence-corrected chi connectivity index (χ1v) is 21.3. The number of halogens is 1. The third-order valence-corrected chi connectivity index (χ3v) is 11.6. The van der Waals surface area contributed by atoms with Gasteiger partial charge in [0.1, 0.15) is 30.3 Å². The number of rotatable bonds is 7. The molecule has 1 aliphatic heterocycles. The molecule has 0 bridgehead atoms. The molecule has 1 aromatic rings. The summed E-state index contributed by atoms with van der Waals surface area (Å²) in [5.41, 5.74) is 1.76. The van der Waals surface area contributed by atoms with E-state index >= 15 is 0 Å². The van der Waals surface area contributed by atoms with Crippen molar-refractivity contribution in [1.29, 1.82) is 0 Å². The van der Waals surface area contributed by atoms with Gasteiger partial charge >= 0.3 is 11.9 Å². The predicted molar refractivity (Wildman–Crippen MR) is 231 cm³/mol. The summed E-state index contributed by atoms with van der Waals surface area (Å²) < 4.78 is 11.8. The lowest BCUT2D eigenvalue weighted by Gasteiger charge is -2.33. The summed E-state index contributed by atoms with van der Waals surface area (Å²) in [5, 5.41) is 8.62. The Morgan fingerprint density at radius 1 is 0.883 bits per heavy atom. The second kappa shape index (κ2) is 23.9. The second-order valence-corrected chi connectivity index (χ2v) is 17.2. The Labute approximate surface area is 361 Å². The normalized spacial score (nSPS) is 28.6. The molecule has 3 N–H and O–H groups in total. The van der Waals surface area contributed by atoms with Crippen LogP contribution in [0, 0.1) is 23.7 Å². The van der Waals surface area contributed by atoms with Crippen LogP contribution in [-0.2, 0) is 49.5 Å². The monoisotopic (exact) mass is 857 g/mol. The van der Waals surface area contributed by atoms with Crippen LogP contribution in [0.5, 0.6) is 0 Å². The van der Waals surface area contributed by atoms with E-state index in [-0.39, 0.29) is 42.1 Å². The van der Waals surface area contributed by atoms with Crippen molar-refractivity contribution < 1.29 is 43.0 Å². The van der Waals surface area contributed by atoms with Crippen LogP contribution in [0.2, 0.25) is 5.02 Å². The molecule has 60 heavy (non-hydrogen) atoms. The maximum atomic E-state index is 14.2. The molecule has 0 aromatic heterocycles. The summed E-state index contributed by atoms with van der Waals surface area (Å²) in [6.45, 7) is 19.1. The number of carbonyl (C=O) groups is 7. The quantitative estimate of drug-likeness (QED) is 0.247. The molecule has 1 unspecified atom stereocenters. The number of likely N-dealkylation sites (N-methyl/N-ethyl adjacent to an activating group) is 2. The van der Waals surface area contributed by atoms with Gasteiger partial charge in [-0.2, -0.15) is 0 Å². The molecule has 1 aromatic carbocycles. The zero-order valence-corrected chi connectivity index (χ0v) is 38.5. The summed E-state index contributed by atoms with van der Waals surface area (Å²) in [6, 6.07) is 2.36. The Morgan fingerprint density at radius 2 is 1.48 bits per heavy atom. The van der Waals surface area contributed by atoms with Crippen molar-refractivity contribution in [2.45, 2.75) is 138 Å². The van der Waals surface area contributed by atoms with Crippen LogP contribution in [0.4, 0.5) is 0 Å². The maximum absolute atomic E-state index is 14.2. The molecule has 0 saturated heterocycles. The number of hydrogen-bond donors (Lipinski definition) is 3. The topological polar surface area (TPSA) is 181 Å². The fourth-order valence-electron chi connectivity index (χ4n) is 6.72. The van der Waals surface area contributed by atoms with Gasteiger partial charge in [-0.3, -0.25) is 24.0 Å². The van der Waals surface area contributed by atoms with Crippen molar-refractivity contribution in [3.05, 3.63) is 58.1 Å². The summed E-state index contributed by atoms with van der Waals surface area (Å²) >= 11 is 6.12. The summed E-state index contributed by atoms with van der Waals surface area (Å²) in [7, 11) is 2.85. The van der Waals surface area contributed by atoms with Crippen molar-refractivity contribution in [1.82, 2.24) is 25.8 Å². The van der Waals surface area contributed by atoms with Gasteiger partial charge in [0, 0.05) is 31.1 Å². The molecule has 5 amide bonds. The van der Waals surface area contributed by atoms with Crippen LogP contribution in [0.15, 0.2) is 47.6 Å². The summed E-state index contributed by atoms with van der Waals surface area (Å²) in [5.74, 6) is -5.16. The standard InChI is InChI=1S/C45H68ClN5O9/c1-14-26(5)38-41(54)48-32(11)45(58)60-39(27(6)15-2)30(9)28(7)16-17-29(8)44(57)59-36(22-25(3)4)40(53)47-31(10)42(55)51(13)35(23-33-18-20-34(46)21-19-33)43(56)50(12)24-37(52)49-38/h15,17-21,25-26,28,30-32,35-36,38-39H,14,16,22-24H2,1-13H3,(H,47,53)(H,48,54)(H,49,52)/b27-15+,29-17+/t26?,28-,30-,31-,32+,35+,36+,38-,39+/m0/s1. The molecule has 15 heteroatoms. The minimum Gasteiger partial charge on any atom is -0.456 e. The van der Waals surface area contributed by atoms with Crippen LogP contribution >= 0.6 is 11.6 Å². The summed E-state index contributed by atoms with van der Waals surface area (Å²) in [6.07, 6.45) is 2.87. The molecular weight excluding hydrogens is 790 g/mol. The van der Waals surface area contributed by atoms with Crippen LogP contribution < -0.4 is 16.0 Å². The van der Waals surface area contributed by atoms with Gasteiger partial charge in [-0.15, -0.1) is 0 Å². The highest BCUT2D eigenvalue weighted by Crippen LogP contribution is 2.27. The van der Waals surface area contributed by atoms with Gasteiger partial charge in [0.2, 0.25) is 23.6 Å². The van der Waals surface area contributed by atoms with E-state index in [1.165, 1.54) is 37.7 Å².